The SMILES string of the molecule is COc1cc(F)c(B2OC(C)(C)C(C)(C)O2)cc1C#N. The maximum atomic E-state index is 14.2. The van der Waals surface area contributed by atoms with Gasteiger partial charge in [0.25, 0.3) is 0 Å². The fourth-order valence-electron chi connectivity index (χ4n) is 1.98. The van der Waals surface area contributed by atoms with Crippen molar-refractivity contribution in [1.29, 1.82) is 5.26 Å². The first kappa shape index (κ1) is 14.8. The highest BCUT2D eigenvalue weighted by atomic mass is 19.1. The Bertz CT molecular complexity index is 565. The largest absolute Gasteiger partial charge is 0.497 e. The third-order valence-electron chi connectivity index (χ3n) is 3.95. The number of methoxy groups -OCH3 is 1. The zero-order valence-electron chi connectivity index (χ0n) is 12.3. The molecular formula is C14H17BFNO3. The summed E-state index contributed by atoms with van der Waals surface area (Å²) in [5.74, 6) is -0.315. The minimum atomic E-state index is -0.835. The monoisotopic (exact) mass is 277 g/mol. The average molecular weight is 277 g/mol. The van der Waals surface area contributed by atoms with Crippen LogP contribution >= 0.6 is 0 Å². The molecule has 2 rings (SSSR count). The van der Waals surface area contributed by atoms with E-state index >= 15 is 0 Å². The van der Waals surface area contributed by atoms with Gasteiger partial charge in [-0.2, -0.15) is 5.26 Å². The maximum absolute atomic E-state index is 14.2. The van der Waals surface area contributed by atoms with E-state index in [2.05, 4.69) is 0 Å². The van der Waals surface area contributed by atoms with Crippen molar-refractivity contribution < 1.29 is 18.4 Å². The molecule has 106 valence electrons. The first-order valence-electron chi connectivity index (χ1n) is 6.35. The number of rotatable bonds is 2. The van der Waals surface area contributed by atoms with Crippen LogP contribution < -0.4 is 10.2 Å². The van der Waals surface area contributed by atoms with E-state index in [4.69, 9.17) is 19.3 Å². The van der Waals surface area contributed by atoms with Crippen LogP contribution in [0.3, 0.4) is 0 Å². The molecule has 0 bridgehead atoms. The molecule has 0 aromatic heterocycles. The van der Waals surface area contributed by atoms with E-state index in [-0.39, 0.29) is 16.8 Å². The third-order valence-corrected chi connectivity index (χ3v) is 3.95. The molecule has 1 aliphatic heterocycles. The van der Waals surface area contributed by atoms with E-state index in [0.717, 1.165) is 0 Å². The van der Waals surface area contributed by atoms with E-state index in [1.54, 1.807) is 0 Å². The van der Waals surface area contributed by atoms with E-state index < -0.39 is 24.1 Å². The van der Waals surface area contributed by atoms with Crippen molar-refractivity contribution in [3.63, 3.8) is 0 Å². The molecule has 0 aliphatic carbocycles. The van der Waals surface area contributed by atoms with Crippen LogP contribution in [0.25, 0.3) is 0 Å². The highest BCUT2D eigenvalue weighted by Gasteiger charge is 2.52. The number of nitriles is 1. The number of halogens is 1. The van der Waals surface area contributed by atoms with Gasteiger partial charge in [0.1, 0.15) is 17.6 Å². The van der Waals surface area contributed by atoms with Gasteiger partial charge < -0.3 is 14.0 Å². The molecule has 20 heavy (non-hydrogen) atoms. The van der Waals surface area contributed by atoms with Crippen LogP contribution in [0.1, 0.15) is 33.3 Å². The van der Waals surface area contributed by atoms with Crippen LogP contribution in [-0.4, -0.2) is 25.4 Å². The minimum absolute atomic E-state index is 0.199. The Kier molecular flexibility index (Phi) is 3.53. The molecule has 1 heterocycles. The zero-order valence-corrected chi connectivity index (χ0v) is 12.3. The first-order chi connectivity index (χ1) is 9.21. The summed E-state index contributed by atoms with van der Waals surface area (Å²) in [5.41, 5.74) is -0.659. The summed E-state index contributed by atoms with van der Waals surface area (Å²) in [6.07, 6.45) is 0. The van der Waals surface area contributed by atoms with Gasteiger partial charge in [0, 0.05) is 11.5 Å². The molecule has 0 saturated carbocycles. The van der Waals surface area contributed by atoms with Gasteiger partial charge >= 0.3 is 7.12 Å². The van der Waals surface area contributed by atoms with Gasteiger partial charge in [0.2, 0.25) is 0 Å². The van der Waals surface area contributed by atoms with Crippen LogP contribution in [0.15, 0.2) is 12.1 Å². The summed E-state index contributed by atoms with van der Waals surface area (Å²) < 4.78 is 30.7. The Morgan fingerprint density at radius 1 is 1.20 bits per heavy atom. The van der Waals surface area contributed by atoms with Crippen LogP contribution in [0.4, 0.5) is 4.39 Å². The molecule has 4 nitrogen and oxygen atoms in total. The predicted molar refractivity (Wildman–Crippen MR) is 73.4 cm³/mol. The number of ether oxygens (including phenoxy) is 1. The second-order valence-electron chi connectivity index (χ2n) is 5.77. The van der Waals surface area contributed by atoms with Crippen LogP contribution in [0.2, 0.25) is 0 Å². The van der Waals surface area contributed by atoms with Gasteiger partial charge in [-0.3, -0.25) is 0 Å². The maximum Gasteiger partial charge on any atom is 0.497 e. The lowest BCUT2D eigenvalue weighted by Crippen LogP contribution is -2.41. The van der Waals surface area contributed by atoms with Crippen molar-refractivity contribution in [2.24, 2.45) is 0 Å². The van der Waals surface area contributed by atoms with E-state index in [0.29, 0.717) is 0 Å². The standard InChI is InChI=1S/C14H17BFNO3/c1-13(2)14(3,4)20-15(19-13)10-6-9(8-17)12(18-5)7-11(10)16/h6-7H,1-5H3. The van der Waals surface area contributed by atoms with Gasteiger partial charge in [-0.1, -0.05) is 0 Å². The fraction of sp³-hybridized carbons (Fsp3) is 0.500. The minimum Gasteiger partial charge on any atom is -0.495 e. The van der Waals surface area contributed by atoms with E-state index in [1.807, 2.05) is 33.8 Å². The molecule has 1 fully saturated rings. The molecular weight excluding hydrogens is 260 g/mol. The molecule has 0 atom stereocenters. The van der Waals surface area contributed by atoms with Crippen molar-refractivity contribution in [2.75, 3.05) is 7.11 Å². The van der Waals surface area contributed by atoms with Gasteiger partial charge in [-0.25, -0.2) is 4.39 Å². The van der Waals surface area contributed by atoms with Crippen molar-refractivity contribution in [1.82, 2.24) is 0 Å². The van der Waals surface area contributed by atoms with Crippen molar-refractivity contribution in [3.05, 3.63) is 23.5 Å². The molecule has 0 N–H and O–H groups in total. The molecule has 1 saturated heterocycles. The Morgan fingerprint density at radius 3 is 2.20 bits per heavy atom. The molecule has 6 heteroatoms. The molecule has 0 radical (unpaired) electrons. The third kappa shape index (κ3) is 2.28. The van der Waals surface area contributed by atoms with Gasteiger partial charge in [0.15, 0.2) is 0 Å². The zero-order chi connectivity index (χ0) is 15.1. The van der Waals surface area contributed by atoms with Gasteiger partial charge in [-0.05, 0) is 33.8 Å². The topological polar surface area (TPSA) is 51.5 Å². The smallest absolute Gasteiger partial charge is 0.495 e. The molecule has 1 aromatic rings. The quantitative estimate of drug-likeness (QED) is 0.776. The highest BCUT2D eigenvalue weighted by molar-refractivity contribution is 6.62. The summed E-state index contributed by atoms with van der Waals surface area (Å²) in [4.78, 5) is 0. The van der Waals surface area contributed by atoms with Crippen molar-refractivity contribution >= 4 is 12.6 Å². The Morgan fingerprint density at radius 2 is 1.75 bits per heavy atom. The molecule has 0 spiro atoms. The molecule has 1 aliphatic rings. The Labute approximate surface area is 118 Å². The normalized spacial score (nSPS) is 19.8. The van der Waals surface area contributed by atoms with Crippen LogP contribution in [0.5, 0.6) is 5.75 Å². The summed E-state index contributed by atoms with van der Waals surface area (Å²) in [6, 6.07) is 4.57. The lowest BCUT2D eigenvalue weighted by Gasteiger charge is -2.32. The summed E-state index contributed by atoms with van der Waals surface area (Å²) in [6.45, 7) is 7.55. The number of hydrogen-bond donors (Lipinski definition) is 0. The fourth-order valence-corrected chi connectivity index (χ4v) is 1.98. The lowest BCUT2D eigenvalue weighted by molar-refractivity contribution is 0.00578. The number of benzene rings is 1. The summed E-state index contributed by atoms with van der Waals surface area (Å²) in [7, 11) is 0.558. The Balaban J connectivity index is 2.43. The lowest BCUT2D eigenvalue weighted by atomic mass is 9.78. The number of nitrogens with zero attached hydrogens (tertiary/aromatic N) is 1. The summed E-state index contributed by atoms with van der Waals surface area (Å²) in [5, 5.41) is 9.08. The molecule has 0 amide bonds. The Hall–Kier alpha value is -1.58. The van der Waals surface area contributed by atoms with Crippen LogP contribution in [-0.2, 0) is 9.31 Å². The first-order valence-corrected chi connectivity index (χ1v) is 6.35. The van der Waals surface area contributed by atoms with Crippen molar-refractivity contribution in [2.45, 2.75) is 38.9 Å². The van der Waals surface area contributed by atoms with Gasteiger partial charge in [0.05, 0.1) is 23.9 Å². The predicted octanol–water partition coefficient (Wildman–Crippen LogP) is 2.01. The second kappa shape index (κ2) is 4.76. The average Bonchev–Trinajstić information content (AvgIpc) is 2.57. The molecule has 0 unspecified atom stereocenters. The molecule has 1 aromatic carbocycles. The van der Waals surface area contributed by atoms with Crippen molar-refractivity contribution in [3.8, 4) is 11.8 Å². The number of hydrogen-bond acceptors (Lipinski definition) is 4. The second-order valence-corrected chi connectivity index (χ2v) is 5.77. The van der Waals surface area contributed by atoms with Gasteiger partial charge in [-0.15, -0.1) is 0 Å². The van der Waals surface area contributed by atoms with Crippen LogP contribution in [0, 0.1) is 17.1 Å². The van der Waals surface area contributed by atoms with E-state index in [9.17, 15) is 4.39 Å². The summed E-state index contributed by atoms with van der Waals surface area (Å²) >= 11 is 0. The van der Waals surface area contributed by atoms with E-state index in [1.165, 1.54) is 19.2 Å². The highest BCUT2D eigenvalue weighted by Crippen LogP contribution is 2.37.